The number of amides is 1. The van der Waals surface area contributed by atoms with E-state index in [4.69, 9.17) is 0 Å². The predicted octanol–water partition coefficient (Wildman–Crippen LogP) is 4.22. The lowest BCUT2D eigenvalue weighted by molar-refractivity contribution is -0.108. The number of nitrogens with zero attached hydrogens (tertiary/aromatic N) is 2. The highest BCUT2D eigenvalue weighted by atomic mass is 16.3. The van der Waals surface area contributed by atoms with Crippen molar-refractivity contribution in [2.75, 3.05) is 19.6 Å². The summed E-state index contributed by atoms with van der Waals surface area (Å²) in [6.45, 7) is 4.47. The number of rotatable bonds is 3. The molecule has 0 spiro atoms. The van der Waals surface area contributed by atoms with Gasteiger partial charge in [0.2, 0.25) is 0 Å². The maximum atomic E-state index is 13.6. The molecular weight excluding hydrogens is 436 g/mol. The van der Waals surface area contributed by atoms with Crippen LogP contribution < -0.4 is 0 Å². The fourth-order valence-electron chi connectivity index (χ4n) is 9.63. The van der Waals surface area contributed by atoms with Gasteiger partial charge in [-0.05, 0) is 98.2 Å². The number of fused-ring (bicyclic) bond motifs is 1. The summed E-state index contributed by atoms with van der Waals surface area (Å²) in [5, 5.41) is 20.8. The fraction of sp³-hybridized carbons (Fsp3) is 0.567. The topological polar surface area (TPSA) is 64.0 Å². The van der Waals surface area contributed by atoms with E-state index < -0.39 is 0 Å². The third kappa shape index (κ3) is 2.85. The standard InChI is InChI=1S/C29H34N2O3.CH4/c1-18(32)16-30-12-11-29-23-14-22(33)8-7-20(23)13-25(30)28(29)10-9-24-26(29)21(15-28)17-31(24)27(34)19-5-3-2-4-6-19;/h2-8,14,18,21,24-26,32-33H,9-13,15-17H2,1H3;1H4/t18-,21-,24?,25?,26?,28?,29?;/m1./s1. The van der Waals surface area contributed by atoms with E-state index in [0.29, 0.717) is 23.6 Å². The van der Waals surface area contributed by atoms with Crippen LogP contribution in [0.4, 0.5) is 0 Å². The SMILES string of the molecule is C.C[C@@H](O)CN1CCC23c4cc(O)ccc4CC1C21CCC2C3[C@@H](CN2C(=O)c2ccccc2)C1. The van der Waals surface area contributed by atoms with Crippen molar-refractivity contribution < 1.29 is 15.0 Å². The number of β-amino-alcohol motifs (C(OH)–C–C–N with tert-alkyl or cyclic N) is 1. The molecule has 35 heavy (non-hydrogen) atoms. The molecule has 186 valence electrons. The number of hydrogen-bond donors (Lipinski definition) is 2. The minimum atomic E-state index is -0.332. The predicted molar refractivity (Wildman–Crippen MR) is 136 cm³/mol. The fourth-order valence-corrected chi connectivity index (χ4v) is 9.63. The van der Waals surface area contributed by atoms with E-state index in [0.717, 1.165) is 57.3 Å². The minimum absolute atomic E-state index is 0. The van der Waals surface area contributed by atoms with Gasteiger partial charge in [-0.2, -0.15) is 0 Å². The molecule has 1 amide bonds. The molecular formula is C30H38N2O3. The van der Waals surface area contributed by atoms with Crippen molar-refractivity contribution in [3.63, 3.8) is 0 Å². The summed E-state index contributed by atoms with van der Waals surface area (Å²) in [5.74, 6) is 1.50. The van der Waals surface area contributed by atoms with Crippen LogP contribution in [0, 0.1) is 17.3 Å². The monoisotopic (exact) mass is 474 g/mol. The number of piperidine rings is 1. The van der Waals surface area contributed by atoms with Crippen LogP contribution in [0.2, 0.25) is 0 Å². The molecule has 3 aliphatic carbocycles. The Morgan fingerprint density at radius 1 is 1.17 bits per heavy atom. The highest BCUT2D eigenvalue weighted by Crippen LogP contribution is 2.75. The van der Waals surface area contributed by atoms with Gasteiger partial charge in [0.05, 0.1) is 6.10 Å². The molecule has 2 aromatic carbocycles. The number of likely N-dealkylation sites (tertiary alicyclic amines) is 2. The number of phenolic OH excluding ortho intramolecular Hbond substituents is 1. The van der Waals surface area contributed by atoms with Crippen molar-refractivity contribution in [3.05, 3.63) is 65.2 Å². The number of benzene rings is 2. The molecule has 2 N–H and O–H groups in total. The summed E-state index contributed by atoms with van der Waals surface area (Å²) in [5.41, 5.74) is 3.71. The Morgan fingerprint density at radius 3 is 2.74 bits per heavy atom. The van der Waals surface area contributed by atoms with Gasteiger partial charge >= 0.3 is 0 Å². The zero-order valence-corrected chi connectivity index (χ0v) is 19.9. The van der Waals surface area contributed by atoms with E-state index >= 15 is 0 Å². The molecule has 7 atom stereocenters. The Hall–Kier alpha value is -2.37. The summed E-state index contributed by atoms with van der Waals surface area (Å²) >= 11 is 0. The summed E-state index contributed by atoms with van der Waals surface area (Å²) in [6.07, 6.45) is 5.07. The second kappa shape index (κ2) is 7.81. The van der Waals surface area contributed by atoms with E-state index in [1.807, 2.05) is 43.3 Å². The van der Waals surface area contributed by atoms with Crippen molar-refractivity contribution in [2.24, 2.45) is 17.3 Å². The summed E-state index contributed by atoms with van der Waals surface area (Å²) in [6, 6.07) is 16.5. The molecule has 2 aromatic rings. The molecule has 0 aromatic heterocycles. The number of carbonyl (C=O) groups is 1. The van der Waals surface area contributed by atoms with Crippen molar-refractivity contribution in [2.45, 2.75) is 70.1 Å². The third-order valence-corrected chi connectivity index (χ3v) is 10.4. The number of phenols is 1. The second-order valence-corrected chi connectivity index (χ2v) is 11.7. The lowest BCUT2D eigenvalue weighted by atomic mass is 9.43. The molecule has 5 heteroatoms. The third-order valence-electron chi connectivity index (χ3n) is 10.4. The van der Waals surface area contributed by atoms with Gasteiger partial charge < -0.3 is 15.1 Å². The first kappa shape index (κ1) is 23.1. The minimum Gasteiger partial charge on any atom is -0.508 e. The second-order valence-electron chi connectivity index (χ2n) is 11.7. The first-order valence-corrected chi connectivity index (χ1v) is 13.1. The van der Waals surface area contributed by atoms with Crippen LogP contribution in [0.5, 0.6) is 5.75 Å². The largest absolute Gasteiger partial charge is 0.508 e. The van der Waals surface area contributed by atoms with Gasteiger partial charge in [0, 0.05) is 36.2 Å². The molecule has 2 aliphatic heterocycles. The van der Waals surface area contributed by atoms with Gasteiger partial charge in [-0.25, -0.2) is 0 Å². The quantitative estimate of drug-likeness (QED) is 0.699. The number of hydrogen-bond acceptors (Lipinski definition) is 4. The Labute approximate surface area is 208 Å². The molecule has 5 aliphatic rings. The highest BCUT2D eigenvalue weighted by molar-refractivity contribution is 5.94. The van der Waals surface area contributed by atoms with E-state index in [2.05, 4.69) is 21.9 Å². The zero-order chi connectivity index (χ0) is 23.2. The summed E-state index contributed by atoms with van der Waals surface area (Å²) in [7, 11) is 0. The zero-order valence-electron chi connectivity index (χ0n) is 19.9. The number of aromatic hydroxyl groups is 1. The maximum Gasteiger partial charge on any atom is 0.254 e. The first-order valence-electron chi connectivity index (χ1n) is 13.1. The Morgan fingerprint density at radius 2 is 1.97 bits per heavy atom. The summed E-state index contributed by atoms with van der Waals surface area (Å²) in [4.78, 5) is 18.4. The van der Waals surface area contributed by atoms with Crippen molar-refractivity contribution in [3.8, 4) is 5.75 Å². The number of carbonyl (C=O) groups excluding carboxylic acids is 1. The Bertz CT molecular complexity index is 1150. The highest BCUT2D eigenvalue weighted by Gasteiger charge is 2.76. The molecule has 0 radical (unpaired) electrons. The van der Waals surface area contributed by atoms with Crippen LogP contribution in [-0.2, 0) is 11.8 Å². The molecule has 2 heterocycles. The number of aliphatic hydroxyl groups excluding tert-OH is 1. The molecule has 2 saturated heterocycles. The van der Waals surface area contributed by atoms with Crippen LogP contribution in [0.25, 0.3) is 0 Å². The van der Waals surface area contributed by atoms with Gasteiger partial charge in [-0.1, -0.05) is 31.7 Å². The van der Waals surface area contributed by atoms with Crippen LogP contribution in [0.15, 0.2) is 48.5 Å². The molecule has 2 saturated carbocycles. The first-order chi connectivity index (χ1) is 16.4. The van der Waals surface area contributed by atoms with Crippen LogP contribution in [0.1, 0.15) is 61.5 Å². The average molecular weight is 475 g/mol. The molecule has 5 unspecified atom stereocenters. The smallest absolute Gasteiger partial charge is 0.254 e. The molecule has 5 nitrogen and oxygen atoms in total. The lowest BCUT2D eigenvalue weighted by Crippen LogP contribution is -2.70. The van der Waals surface area contributed by atoms with E-state index in [1.165, 1.54) is 11.1 Å². The van der Waals surface area contributed by atoms with Gasteiger partial charge in [-0.15, -0.1) is 0 Å². The van der Waals surface area contributed by atoms with Gasteiger partial charge in [0.25, 0.3) is 5.91 Å². The van der Waals surface area contributed by atoms with Gasteiger partial charge in [0.1, 0.15) is 5.75 Å². The Balaban J connectivity index is 0.00000229. The maximum absolute atomic E-state index is 13.6. The van der Waals surface area contributed by atoms with Crippen LogP contribution in [0.3, 0.4) is 0 Å². The molecule has 4 fully saturated rings. The van der Waals surface area contributed by atoms with Crippen LogP contribution in [-0.4, -0.2) is 63.7 Å². The molecule has 7 rings (SSSR count). The van der Waals surface area contributed by atoms with Crippen molar-refractivity contribution in [1.29, 1.82) is 0 Å². The van der Waals surface area contributed by atoms with Crippen molar-refractivity contribution in [1.82, 2.24) is 9.80 Å². The Kier molecular flexibility index (Phi) is 5.15. The van der Waals surface area contributed by atoms with Gasteiger partial charge in [0.15, 0.2) is 0 Å². The summed E-state index contributed by atoms with van der Waals surface area (Å²) < 4.78 is 0. The van der Waals surface area contributed by atoms with E-state index in [1.54, 1.807) is 0 Å². The van der Waals surface area contributed by atoms with Crippen molar-refractivity contribution >= 4 is 5.91 Å². The normalized spacial score (nSPS) is 37.3. The lowest BCUT2D eigenvalue weighted by Gasteiger charge is -2.66. The van der Waals surface area contributed by atoms with Crippen LogP contribution >= 0.6 is 0 Å². The molecule has 4 bridgehead atoms. The van der Waals surface area contributed by atoms with Gasteiger partial charge in [-0.3, -0.25) is 9.69 Å². The number of aliphatic hydroxyl groups is 1. The van der Waals surface area contributed by atoms with E-state index in [-0.39, 0.29) is 36.3 Å². The average Bonchev–Trinajstić information content (AvgIpc) is 3.27. The van der Waals surface area contributed by atoms with E-state index in [9.17, 15) is 15.0 Å².